The number of aromatic nitrogens is 2. The van der Waals surface area contributed by atoms with E-state index in [0.717, 1.165) is 25.7 Å². The summed E-state index contributed by atoms with van der Waals surface area (Å²) in [4.78, 5) is 2.19. The van der Waals surface area contributed by atoms with Gasteiger partial charge in [-0.25, -0.2) is 0 Å². The van der Waals surface area contributed by atoms with Crippen molar-refractivity contribution >= 4 is 5.82 Å². The van der Waals surface area contributed by atoms with Crippen molar-refractivity contribution in [3.05, 3.63) is 17.8 Å². The summed E-state index contributed by atoms with van der Waals surface area (Å²) in [5.41, 5.74) is 0.577. The smallest absolute Gasteiger partial charge is 0.169 e. The SMILES string of the molecule is N#Cc1ccnnc1N1C2CCC1CC(O)C2. The molecule has 17 heavy (non-hydrogen) atoms. The molecule has 5 nitrogen and oxygen atoms in total. The average Bonchev–Trinajstić information content (AvgIpc) is 2.61. The Hall–Kier alpha value is -1.67. The van der Waals surface area contributed by atoms with Crippen molar-refractivity contribution in [1.82, 2.24) is 10.2 Å². The molecule has 3 rings (SSSR count). The Kier molecular flexibility index (Phi) is 2.45. The summed E-state index contributed by atoms with van der Waals surface area (Å²) in [5.74, 6) is 0.689. The van der Waals surface area contributed by atoms with Crippen LogP contribution in [0.25, 0.3) is 0 Å². The molecule has 88 valence electrons. The fourth-order valence-electron chi connectivity index (χ4n) is 3.10. The number of fused-ring (bicyclic) bond motifs is 2. The van der Waals surface area contributed by atoms with Gasteiger partial charge in [0.2, 0.25) is 0 Å². The molecule has 0 aromatic carbocycles. The van der Waals surface area contributed by atoms with Crippen molar-refractivity contribution < 1.29 is 5.11 Å². The van der Waals surface area contributed by atoms with E-state index in [1.54, 1.807) is 12.3 Å². The van der Waals surface area contributed by atoms with Gasteiger partial charge in [0, 0.05) is 12.1 Å². The van der Waals surface area contributed by atoms with E-state index in [1.165, 1.54) is 0 Å². The molecule has 2 unspecified atom stereocenters. The summed E-state index contributed by atoms with van der Waals surface area (Å²) < 4.78 is 0. The number of piperidine rings is 1. The van der Waals surface area contributed by atoms with Crippen molar-refractivity contribution in [3.63, 3.8) is 0 Å². The van der Waals surface area contributed by atoms with Crippen LogP contribution >= 0.6 is 0 Å². The van der Waals surface area contributed by atoms with Gasteiger partial charge in [0.15, 0.2) is 5.82 Å². The third-order valence-electron chi connectivity index (χ3n) is 3.77. The van der Waals surface area contributed by atoms with E-state index in [2.05, 4.69) is 21.2 Å². The fourth-order valence-corrected chi connectivity index (χ4v) is 3.10. The molecule has 2 saturated heterocycles. The van der Waals surface area contributed by atoms with Gasteiger partial charge < -0.3 is 10.0 Å². The first-order valence-corrected chi connectivity index (χ1v) is 5.98. The number of rotatable bonds is 1. The van der Waals surface area contributed by atoms with Crippen LogP contribution in [0.15, 0.2) is 12.3 Å². The molecule has 0 spiro atoms. The van der Waals surface area contributed by atoms with Crippen molar-refractivity contribution in [3.8, 4) is 6.07 Å². The Balaban J connectivity index is 1.98. The minimum atomic E-state index is -0.203. The molecule has 0 saturated carbocycles. The molecule has 2 aliphatic rings. The number of hydrogen-bond donors (Lipinski definition) is 1. The van der Waals surface area contributed by atoms with Crippen LogP contribution in [0.2, 0.25) is 0 Å². The molecule has 1 aromatic heterocycles. The van der Waals surface area contributed by atoms with Gasteiger partial charge in [-0.1, -0.05) is 0 Å². The zero-order valence-electron chi connectivity index (χ0n) is 9.45. The van der Waals surface area contributed by atoms with Gasteiger partial charge in [-0.3, -0.25) is 0 Å². The van der Waals surface area contributed by atoms with Gasteiger partial charge in [-0.15, -0.1) is 5.10 Å². The molecule has 2 bridgehead atoms. The summed E-state index contributed by atoms with van der Waals surface area (Å²) >= 11 is 0. The molecule has 2 aliphatic heterocycles. The second kappa shape index (κ2) is 3.97. The maximum Gasteiger partial charge on any atom is 0.169 e. The van der Waals surface area contributed by atoms with Crippen molar-refractivity contribution in [2.45, 2.75) is 43.9 Å². The monoisotopic (exact) mass is 230 g/mol. The zero-order chi connectivity index (χ0) is 11.8. The number of anilines is 1. The highest BCUT2D eigenvalue weighted by molar-refractivity contribution is 5.55. The van der Waals surface area contributed by atoms with Gasteiger partial charge in [0.1, 0.15) is 6.07 Å². The first-order valence-electron chi connectivity index (χ1n) is 5.98. The van der Waals surface area contributed by atoms with Crippen LogP contribution in [0.5, 0.6) is 0 Å². The molecular weight excluding hydrogens is 216 g/mol. The second-order valence-electron chi connectivity index (χ2n) is 4.80. The average molecular weight is 230 g/mol. The lowest BCUT2D eigenvalue weighted by molar-refractivity contribution is 0.126. The third kappa shape index (κ3) is 1.65. The highest BCUT2D eigenvalue weighted by Crippen LogP contribution is 2.39. The lowest BCUT2D eigenvalue weighted by Crippen LogP contribution is -2.45. The maximum atomic E-state index is 9.75. The van der Waals surface area contributed by atoms with Crippen LogP contribution in [0.1, 0.15) is 31.2 Å². The van der Waals surface area contributed by atoms with Crippen LogP contribution in [0.4, 0.5) is 5.82 Å². The highest BCUT2D eigenvalue weighted by atomic mass is 16.3. The Morgan fingerprint density at radius 3 is 2.71 bits per heavy atom. The number of nitrogens with zero attached hydrogens (tertiary/aromatic N) is 4. The van der Waals surface area contributed by atoms with Crippen LogP contribution in [0.3, 0.4) is 0 Å². The zero-order valence-corrected chi connectivity index (χ0v) is 9.45. The normalized spacial score (nSPS) is 31.3. The molecule has 1 aromatic rings. The molecule has 0 radical (unpaired) electrons. The first kappa shape index (κ1) is 10.5. The molecule has 3 heterocycles. The van der Waals surface area contributed by atoms with Crippen LogP contribution in [0, 0.1) is 11.3 Å². The number of aliphatic hydroxyl groups is 1. The van der Waals surface area contributed by atoms with E-state index in [1.807, 2.05) is 0 Å². The standard InChI is InChI=1S/C12H14N4O/c13-7-8-3-4-14-15-12(8)16-9-1-2-10(16)6-11(17)5-9/h3-4,9-11,17H,1-2,5-6H2. The molecule has 2 atom stereocenters. The highest BCUT2D eigenvalue weighted by Gasteiger charge is 2.41. The van der Waals surface area contributed by atoms with Gasteiger partial charge in [-0.2, -0.15) is 10.4 Å². The largest absolute Gasteiger partial charge is 0.393 e. The summed E-state index contributed by atoms with van der Waals surface area (Å²) in [6.07, 6.45) is 5.04. The van der Waals surface area contributed by atoms with E-state index in [0.29, 0.717) is 23.5 Å². The van der Waals surface area contributed by atoms with Gasteiger partial charge in [0.05, 0.1) is 17.9 Å². The fraction of sp³-hybridized carbons (Fsp3) is 0.583. The molecule has 2 fully saturated rings. The molecular formula is C12H14N4O. The summed E-state index contributed by atoms with van der Waals surface area (Å²) in [6.45, 7) is 0. The van der Waals surface area contributed by atoms with E-state index in [4.69, 9.17) is 5.26 Å². The lowest BCUT2D eigenvalue weighted by atomic mass is 9.99. The van der Waals surface area contributed by atoms with Crippen molar-refractivity contribution in [1.29, 1.82) is 5.26 Å². The van der Waals surface area contributed by atoms with E-state index in [-0.39, 0.29) is 6.10 Å². The minimum absolute atomic E-state index is 0.203. The van der Waals surface area contributed by atoms with Crippen molar-refractivity contribution in [2.24, 2.45) is 0 Å². The van der Waals surface area contributed by atoms with Gasteiger partial charge in [-0.05, 0) is 31.7 Å². The summed E-state index contributed by atoms with van der Waals surface area (Å²) in [5, 5.41) is 26.8. The quantitative estimate of drug-likeness (QED) is 0.774. The Labute approximate surface area is 99.7 Å². The third-order valence-corrected chi connectivity index (χ3v) is 3.77. The molecule has 1 N–H and O–H groups in total. The summed E-state index contributed by atoms with van der Waals surface area (Å²) in [7, 11) is 0. The predicted octanol–water partition coefficient (Wildman–Crippen LogP) is 0.840. The van der Waals surface area contributed by atoms with Gasteiger partial charge >= 0.3 is 0 Å². The van der Waals surface area contributed by atoms with E-state index < -0.39 is 0 Å². The van der Waals surface area contributed by atoms with Crippen LogP contribution in [-0.2, 0) is 0 Å². The van der Waals surface area contributed by atoms with E-state index >= 15 is 0 Å². The van der Waals surface area contributed by atoms with Crippen LogP contribution in [-0.4, -0.2) is 33.5 Å². The molecule has 5 heteroatoms. The first-order chi connectivity index (χ1) is 8.29. The van der Waals surface area contributed by atoms with E-state index in [9.17, 15) is 5.11 Å². The van der Waals surface area contributed by atoms with Crippen molar-refractivity contribution in [2.75, 3.05) is 4.90 Å². The Morgan fingerprint density at radius 2 is 2.06 bits per heavy atom. The van der Waals surface area contributed by atoms with Gasteiger partial charge in [0.25, 0.3) is 0 Å². The number of nitriles is 1. The molecule has 0 amide bonds. The summed E-state index contributed by atoms with van der Waals surface area (Å²) in [6, 6.07) is 4.49. The molecule has 0 aliphatic carbocycles. The second-order valence-corrected chi connectivity index (χ2v) is 4.80. The maximum absolute atomic E-state index is 9.75. The Morgan fingerprint density at radius 1 is 1.35 bits per heavy atom. The number of aliphatic hydroxyl groups excluding tert-OH is 1. The Bertz CT molecular complexity index is 456. The topological polar surface area (TPSA) is 73.0 Å². The number of hydrogen-bond acceptors (Lipinski definition) is 5. The minimum Gasteiger partial charge on any atom is -0.393 e. The van der Waals surface area contributed by atoms with Crippen LogP contribution < -0.4 is 4.90 Å². The lowest BCUT2D eigenvalue weighted by Gasteiger charge is -2.38. The predicted molar refractivity (Wildman–Crippen MR) is 61.3 cm³/mol.